The Morgan fingerprint density at radius 3 is 2.80 bits per heavy atom. The molecule has 0 aliphatic carbocycles. The molecule has 1 aromatic carbocycles. The molecule has 0 N–H and O–H groups in total. The maximum Gasteiger partial charge on any atom is 0.235 e. The maximum absolute atomic E-state index is 10.1. The smallest absolute Gasteiger partial charge is 0.235 e. The summed E-state index contributed by atoms with van der Waals surface area (Å²) in [6, 6.07) is 5.62. The molecule has 0 fully saturated rings. The van der Waals surface area contributed by atoms with Crippen molar-refractivity contribution < 1.29 is 14.3 Å². The largest absolute Gasteiger partial charge is 0.496 e. The van der Waals surface area contributed by atoms with E-state index in [2.05, 4.69) is 4.99 Å². The first-order chi connectivity index (χ1) is 7.33. The standard InChI is InChI=1S/C11H13NO3/c1-14-7-9-4-3-5-11(15-2)10(9)6-12-8-13/h3-5H,6-7H2,1-2H3. The zero-order valence-corrected chi connectivity index (χ0v) is 8.82. The normalized spacial score (nSPS) is 9.47. The van der Waals surface area contributed by atoms with Gasteiger partial charge in [0.1, 0.15) is 5.75 Å². The molecule has 15 heavy (non-hydrogen) atoms. The van der Waals surface area contributed by atoms with E-state index in [0.717, 1.165) is 11.1 Å². The number of ether oxygens (including phenoxy) is 2. The van der Waals surface area contributed by atoms with Crippen LogP contribution < -0.4 is 4.74 Å². The lowest BCUT2D eigenvalue weighted by molar-refractivity contribution is 0.183. The molecule has 0 aliphatic heterocycles. The van der Waals surface area contributed by atoms with Gasteiger partial charge in [-0.1, -0.05) is 12.1 Å². The molecule has 1 rings (SSSR count). The maximum atomic E-state index is 10.1. The third-order valence-electron chi connectivity index (χ3n) is 2.05. The average Bonchev–Trinajstić information content (AvgIpc) is 2.27. The van der Waals surface area contributed by atoms with Crippen LogP contribution in [0.3, 0.4) is 0 Å². The van der Waals surface area contributed by atoms with Crippen LogP contribution in [0.2, 0.25) is 0 Å². The van der Waals surface area contributed by atoms with E-state index < -0.39 is 0 Å². The lowest BCUT2D eigenvalue weighted by Gasteiger charge is -2.10. The first-order valence-electron chi connectivity index (χ1n) is 4.50. The summed E-state index contributed by atoms with van der Waals surface area (Å²) >= 11 is 0. The van der Waals surface area contributed by atoms with Crippen LogP contribution in [0.25, 0.3) is 0 Å². The summed E-state index contributed by atoms with van der Waals surface area (Å²) in [6.07, 6.45) is 1.52. The highest BCUT2D eigenvalue weighted by Gasteiger charge is 2.07. The second kappa shape index (κ2) is 5.96. The number of hydrogen-bond donors (Lipinski definition) is 0. The molecule has 0 amide bonds. The van der Waals surface area contributed by atoms with Gasteiger partial charge in [-0.25, -0.2) is 9.79 Å². The molecule has 0 aliphatic rings. The highest BCUT2D eigenvalue weighted by atomic mass is 16.5. The minimum Gasteiger partial charge on any atom is -0.496 e. The van der Waals surface area contributed by atoms with Crippen molar-refractivity contribution in [3.63, 3.8) is 0 Å². The minimum absolute atomic E-state index is 0.270. The van der Waals surface area contributed by atoms with Gasteiger partial charge in [-0.2, -0.15) is 0 Å². The first-order valence-corrected chi connectivity index (χ1v) is 4.50. The van der Waals surface area contributed by atoms with Crippen molar-refractivity contribution in [2.45, 2.75) is 13.2 Å². The molecule has 0 radical (unpaired) electrons. The molecular weight excluding hydrogens is 194 g/mol. The highest BCUT2D eigenvalue weighted by Crippen LogP contribution is 2.23. The van der Waals surface area contributed by atoms with Crippen molar-refractivity contribution in [3.8, 4) is 5.75 Å². The summed E-state index contributed by atoms with van der Waals surface area (Å²) in [5, 5.41) is 0. The Bertz CT molecular complexity index is 370. The van der Waals surface area contributed by atoms with E-state index in [1.807, 2.05) is 18.2 Å². The molecule has 4 heteroatoms. The predicted octanol–water partition coefficient (Wildman–Crippen LogP) is 1.68. The summed E-state index contributed by atoms with van der Waals surface area (Å²) in [4.78, 5) is 13.6. The molecule has 0 atom stereocenters. The van der Waals surface area contributed by atoms with E-state index in [1.165, 1.54) is 6.08 Å². The van der Waals surface area contributed by atoms with Crippen LogP contribution in [0.15, 0.2) is 23.2 Å². The lowest BCUT2D eigenvalue weighted by atomic mass is 10.1. The van der Waals surface area contributed by atoms with Crippen LogP contribution in [0.5, 0.6) is 5.75 Å². The Balaban J connectivity index is 3.07. The molecule has 0 saturated carbocycles. The summed E-state index contributed by atoms with van der Waals surface area (Å²) < 4.78 is 10.2. The van der Waals surface area contributed by atoms with Crippen LogP contribution in [-0.2, 0) is 22.7 Å². The number of nitrogens with zero attached hydrogens (tertiary/aromatic N) is 1. The fourth-order valence-corrected chi connectivity index (χ4v) is 1.38. The Kier molecular flexibility index (Phi) is 4.54. The van der Waals surface area contributed by atoms with Crippen molar-refractivity contribution in [3.05, 3.63) is 29.3 Å². The number of carbonyl (C=O) groups excluding carboxylic acids is 1. The van der Waals surface area contributed by atoms with Gasteiger partial charge in [-0.3, -0.25) is 0 Å². The van der Waals surface area contributed by atoms with E-state index in [1.54, 1.807) is 14.2 Å². The van der Waals surface area contributed by atoms with Gasteiger partial charge in [0.25, 0.3) is 0 Å². The highest BCUT2D eigenvalue weighted by molar-refractivity contribution is 5.42. The minimum atomic E-state index is 0.270. The fraction of sp³-hybridized carbons (Fsp3) is 0.364. The quantitative estimate of drug-likeness (QED) is 0.545. The van der Waals surface area contributed by atoms with Crippen LogP contribution in [0, 0.1) is 0 Å². The van der Waals surface area contributed by atoms with Crippen LogP contribution in [-0.4, -0.2) is 20.3 Å². The van der Waals surface area contributed by atoms with Gasteiger partial charge < -0.3 is 9.47 Å². The number of aliphatic imine (C=N–C) groups is 1. The summed E-state index contributed by atoms with van der Waals surface area (Å²) in [5.41, 5.74) is 1.83. The van der Waals surface area contributed by atoms with Crippen molar-refractivity contribution in [1.82, 2.24) is 0 Å². The van der Waals surface area contributed by atoms with Gasteiger partial charge in [0.05, 0.1) is 20.3 Å². The Morgan fingerprint density at radius 2 is 2.20 bits per heavy atom. The molecule has 4 nitrogen and oxygen atoms in total. The summed E-state index contributed by atoms with van der Waals surface area (Å²) in [7, 11) is 3.20. The van der Waals surface area contributed by atoms with E-state index in [0.29, 0.717) is 12.4 Å². The molecule has 0 aromatic heterocycles. The number of rotatable bonds is 5. The first kappa shape index (κ1) is 11.4. The van der Waals surface area contributed by atoms with Gasteiger partial charge in [0.2, 0.25) is 6.08 Å². The van der Waals surface area contributed by atoms with Crippen molar-refractivity contribution >= 4 is 6.08 Å². The van der Waals surface area contributed by atoms with E-state index in [4.69, 9.17) is 9.47 Å². The van der Waals surface area contributed by atoms with Crippen molar-refractivity contribution in [2.24, 2.45) is 4.99 Å². The SMILES string of the molecule is COCc1cccc(OC)c1CN=C=O. The van der Waals surface area contributed by atoms with Gasteiger partial charge in [-0.15, -0.1) is 0 Å². The Labute approximate surface area is 88.5 Å². The monoisotopic (exact) mass is 207 g/mol. The third-order valence-corrected chi connectivity index (χ3v) is 2.05. The fourth-order valence-electron chi connectivity index (χ4n) is 1.38. The Morgan fingerprint density at radius 1 is 1.40 bits per heavy atom. The predicted molar refractivity (Wildman–Crippen MR) is 55.5 cm³/mol. The van der Waals surface area contributed by atoms with Gasteiger partial charge in [0, 0.05) is 12.7 Å². The number of methoxy groups -OCH3 is 2. The van der Waals surface area contributed by atoms with Gasteiger partial charge in [-0.05, 0) is 11.6 Å². The van der Waals surface area contributed by atoms with Crippen LogP contribution in [0.1, 0.15) is 11.1 Å². The molecule has 80 valence electrons. The van der Waals surface area contributed by atoms with Crippen molar-refractivity contribution in [1.29, 1.82) is 0 Å². The van der Waals surface area contributed by atoms with E-state index in [9.17, 15) is 4.79 Å². The molecule has 0 saturated heterocycles. The van der Waals surface area contributed by atoms with Crippen LogP contribution in [0.4, 0.5) is 0 Å². The van der Waals surface area contributed by atoms with Crippen molar-refractivity contribution in [2.75, 3.05) is 14.2 Å². The van der Waals surface area contributed by atoms with Crippen LogP contribution >= 0.6 is 0 Å². The topological polar surface area (TPSA) is 47.9 Å². The second-order valence-corrected chi connectivity index (χ2v) is 2.94. The number of benzene rings is 1. The van der Waals surface area contributed by atoms with E-state index in [-0.39, 0.29) is 6.54 Å². The Hall–Kier alpha value is -1.64. The van der Waals surface area contributed by atoms with E-state index >= 15 is 0 Å². The summed E-state index contributed by atoms with van der Waals surface area (Å²) in [5.74, 6) is 0.712. The lowest BCUT2D eigenvalue weighted by Crippen LogP contribution is -1.98. The average molecular weight is 207 g/mol. The molecular formula is C11H13NO3. The molecule has 1 aromatic rings. The number of hydrogen-bond acceptors (Lipinski definition) is 4. The molecule has 0 heterocycles. The number of isocyanates is 1. The van der Waals surface area contributed by atoms with Gasteiger partial charge in [0.15, 0.2) is 0 Å². The molecule has 0 bridgehead atoms. The zero-order valence-electron chi connectivity index (χ0n) is 8.82. The molecule has 0 unspecified atom stereocenters. The molecule has 0 spiro atoms. The second-order valence-electron chi connectivity index (χ2n) is 2.94. The van der Waals surface area contributed by atoms with Gasteiger partial charge >= 0.3 is 0 Å². The zero-order chi connectivity index (χ0) is 11.1. The third kappa shape index (κ3) is 2.91. The summed E-state index contributed by atoms with van der Waals surface area (Å²) in [6.45, 7) is 0.743.